The van der Waals surface area contributed by atoms with E-state index in [9.17, 15) is 24.3 Å². The summed E-state index contributed by atoms with van der Waals surface area (Å²) in [4.78, 5) is 62.0. The van der Waals surface area contributed by atoms with Gasteiger partial charge in [0, 0.05) is 36.3 Å². The topological polar surface area (TPSA) is 117 Å². The molecule has 0 spiro atoms. The number of methoxy groups -OCH3 is 1. The number of rotatable bonds is 5. The minimum Gasteiger partial charge on any atom is -0.508 e. The number of imide groups is 2. The molecule has 10 heteroatoms. The first kappa shape index (κ1) is 30.4. The van der Waals surface area contributed by atoms with Crippen LogP contribution in [0.15, 0.2) is 84.4 Å². The number of carbonyl (C=O) groups excluding carboxylic acids is 4. The number of hydrogen-bond acceptors (Lipinski definition) is 8. The van der Waals surface area contributed by atoms with Gasteiger partial charge in [-0.3, -0.25) is 24.1 Å². The van der Waals surface area contributed by atoms with Crippen molar-refractivity contribution in [2.45, 2.75) is 25.7 Å². The van der Waals surface area contributed by atoms with Crippen LogP contribution in [-0.4, -0.2) is 62.1 Å². The first-order chi connectivity index (χ1) is 23.2. The van der Waals surface area contributed by atoms with E-state index in [4.69, 9.17) is 9.47 Å². The molecule has 3 aromatic rings. The molecule has 3 heterocycles. The Bertz CT molecular complexity index is 1850. The third-order valence-electron chi connectivity index (χ3n) is 11.3. The standard InChI is InChI=1S/C38H37N3O7/c1-38-30(35(44)41(37(38)46)23-6-4-3-5-7-23)21-29-26(33(38)27-13-12-25(47-2)20-31(27)42)14-15-28-32(29)36(45)40(34(28)43)24-10-8-22(9-11-24)39-16-18-48-19-17-39/h3-14,20,28-30,32-33,42H,15-19,21H2,1-2H3. The highest BCUT2D eigenvalue weighted by Crippen LogP contribution is 2.64. The summed E-state index contributed by atoms with van der Waals surface area (Å²) in [5, 5.41) is 11.4. The predicted molar refractivity (Wildman–Crippen MR) is 178 cm³/mol. The van der Waals surface area contributed by atoms with Gasteiger partial charge in [0.25, 0.3) is 0 Å². The summed E-state index contributed by atoms with van der Waals surface area (Å²) in [6, 6.07) is 21.3. The fraction of sp³-hybridized carbons (Fsp3) is 0.368. The molecule has 3 aliphatic heterocycles. The molecular formula is C38H37N3O7. The van der Waals surface area contributed by atoms with Crippen molar-refractivity contribution < 1.29 is 33.8 Å². The SMILES string of the molecule is COc1ccc(C2C3=CCC4C(=O)N(c5ccc(N6CCOCC6)cc5)C(=O)C4C3CC3C(=O)N(c4ccccc4)C(=O)C32C)c(O)c1. The van der Waals surface area contributed by atoms with Crippen LogP contribution in [0.1, 0.15) is 31.2 Å². The summed E-state index contributed by atoms with van der Waals surface area (Å²) >= 11 is 0. The second-order valence-corrected chi connectivity index (χ2v) is 13.5. The van der Waals surface area contributed by atoms with Gasteiger partial charge in [0.05, 0.1) is 54.9 Å². The molecule has 1 N–H and O–H groups in total. The fourth-order valence-corrected chi connectivity index (χ4v) is 8.97. The zero-order chi connectivity index (χ0) is 33.3. The zero-order valence-corrected chi connectivity index (χ0v) is 26.9. The first-order valence-electron chi connectivity index (χ1n) is 16.5. The number of phenols is 1. The van der Waals surface area contributed by atoms with Crippen molar-refractivity contribution in [3.05, 3.63) is 90.0 Å². The van der Waals surface area contributed by atoms with Gasteiger partial charge >= 0.3 is 0 Å². The minimum atomic E-state index is -1.24. The Morgan fingerprint density at radius 2 is 1.50 bits per heavy atom. The number of morpholine rings is 1. The Balaban J connectivity index is 1.19. The number of carbonyl (C=O) groups is 4. The summed E-state index contributed by atoms with van der Waals surface area (Å²) in [6.45, 7) is 4.65. The molecule has 1 saturated carbocycles. The molecule has 0 bridgehead atoms. The van der Waals surface area contributed by atoms with Gasteiger partial charge in [0.1, 0.15) is 11.5 Å². The average Bonchev–Trinajstić information content (AvgIpc) is 3.48. The van der Waals surface area contributed by atoms with Crippen molar-refractivity contribution in [3.8, 4) is 11.5 Å². The van der Waals surface area contributed by atoms with E-state index in [1.807, 2.05) is 43.3 Å². The number of anilines is 3. The number of aromatic hydroxyl groups is 1. The molecule has 4 fully saturated rings. The van der Waals surface area contributed by atoms with Gasteiger partial charge in [-0.1, -0.05) is 35.9 Å². The van der Waals surface area contributed by atoms with Crippen molar-refractivity contribution in [1.29, 1.82) is 0 Å². The maximum atomic E-state index is 14.5. The lowest BCUT2D eigenvalue weighted by atomic mass is 9.51. The van der Waals surface area contributed by atoms with Crippen LogP contribution in [0.5, 0.6) is 11.5 Å². The van der Waals surface area contributed by atoms with Crippen LogP contribution in [0.4, 0.5) is 17.1 Å². The first-order valence-corrected chi connectivity index (χ1v) is 16.5. The molecule has 246 valence electrons. The molecular weight excluding hydrogens is 610 g/mol. The molecule has 10 nitrogen and oxygen atoms in total. The largest absolute Gasteiger partial charge is 0.508 e. The lowest BCUT2D eigenvalue weighted by Crippen LogP contribution is -2.48. The Morgan fingerprint density at radius 1 is 0.812 bits per heavy atom. The van der Waals surface area contributed by atoms with Crippen LogP contribution in [0.3, 0.4) is 0 Å². The van der Waals surface area contributed by atoms with Gasteiger partial charge in [0.2, 0.25) is 23.6 Å². The van der Waals surface area contributed by atoms with Crippen LogP contribution in [0.2, 0.25) is 0 Å². The lowest BCUT2D eigenvalue weighted by molar-refractivity contribution is -0.131. The molecule has 0 radical (unpaired) electrons. The number of ether oxygens (including phenoxy) is 2. The Labute approximate surface area is 278 Å². The second kappa shape index (κ2) is 11.3. The Hall–Kier alpha value is -4.96. The lowest BCUT2D eigenvalue weighted by Gasteiger charge is -2.49. The fourth-order valence-electron chi connectivity index (χ4n) is 8.97. The van der Waals surface area contributed by atoms with E-state index in [1.165, 1.54) is 23.0 Å². The van der Waals surface area contributed by atoms with Crippen molar-refractivity contribution >= 4 is 40.7 Å². The summed E-state index contributed by atoms with van der Waals surface area (Å²) in [5.74, 6) is -4.07. The van der Waals surface area contributed by atoms with E-state index in [0.717, 1.165) is 24.4 Å². The highest BCUT2D eigenvalue weighted by molar-refractivity contribution is 6.25. The van der Waals surface area contributed by atoms with Crippen molar-refractivity contribution in [2.24, 2.45) is 29.1 Å². The monoisotopic (exact) mass is 647 g/mol. The smallest absolute Gasteiger partial charge is 0.241 e. The van der Waals surface area contributed by atoms with Crippen LogP contribution in [0.25, 0.3) is 0 Å². The van der Waals surface area contributed by atoms with Gasteiger partial charge in [-0.05, 0) is 68.1 Å². The number of amides is 4. The second-order valence-electron chi connectivity index (χ2n) is 13.5. The summed E-state index contributed by atoms with van der Waals surface area (Å²) in [5.41, 5.74) is 2.07. The molecule has 2 aliphatic carbocycles. The maximum absolute atomic E-state index is 14.5. The zero-order valence-electron chi connectivity index (χ0n) is 26.9. The third kappa shape index (κ3) is 4.35. The van der Waals surface area contributed by atoms with E-state index >= 15 is 0 Å². The summed E-state index contributed by atoms with van der Waals surface area (Å²) in [6.07, 6.45) is 2.55. The van der Waals surface area contributed by atoms with Crippen LogP contribution < -0.4 is 19.4 Å². The quantitative estimate of drug-likeness (QED) is 0.314. The number of nitrogens with zero attached hydrogens (tertiary/aromatic N) is 3. The number of hydrogen-bond donors (Lipinski definition) is 1. The van der Waals surface area contributed by atoms with Gasteiger partial charge in [0.15, 0.2) is 0 Å². The Kier molecular flexibility index (Phi) is 7.17. The molecule has 6 unspecified atom stereocenters. The van der Waals surface area contributed by atoms with Crippen LogP contribution in [0, 0.1) is 29.1 Å². The molecule has 48 heavy (non-hydrogen) atoms. The maximum Gasteiger partial charge on any atom is 0.241 e. The van der Waals surface area contributed by atoms with Crippen molar-refractivity contribution in [1.82, 2.24) is 0 Å². The van der Waals surface area contributed by atoms with Crippen LogP contribution in [-0.2, 0) is 23.9 Å². The summed E-state index contributed by atoms with van der Waals surface area (Å²) in [7, 11) is 1.51. The number of allylic oxidation sites excluding steroid dienone is 2. The molecule has 3 saturated heterocycles. The number of benzene rings is 3. The highest BCUT2D eigenvalue weighted by atomic mass is 16.5. The van der Waals surface area contributed by atoms with Gasteiger partial charge in [-0.25, -0.2) is 4.90 Å². The number of phenolic OH excluding ortho intramolecular Hbond substituents is 1. The van der Waals surface area contributed by atoms with Gasteiger partial charge in [-0.2, -0.15) is 0 Å². The third-order valence-corrected chi connectivity index (χ3v) is 11.3. The molecule has 5 aliphatic rings. The predicted octanol–water partition coefficient (Wildman–Crippen LogP) is 4.67. The van der Waals surface area contributed by atoms with Crippen molar-refractivity contribution in [3.63, 3.8) is 0 Å². The average molecular weight is 648 g/mol. The highest BCUT2D eigenvalue weighted by Gasteiger charge is 2.68. The molecule has 8 rings (SSSR count). The van der Waals surface area contributed by atoms with E-state index < -0.39 is 35.0 Å². The molecule has 4 amide bonds. The minimum absolute atomic E-state index is 0.0581. The van der Waals surface area contributed by atoms with Gasteiger partial charge < -0.3 is 19.5 Å². The normalized spacial score (nSPS) is 29.8. The molecule has 0 aromatic heterocycles. The van der Waals surface area contributed by atoms with E-state index in [2.05, 4.69) is 4.90 Å². The van der Waals surface area contributed by atoms with E-state index in [0.29, 0.717) is 42.3 Å². The van der Waals surface area contributed by atoms with E-state index in [-0.39, 0.29) is 35.8 Å². The number of fused-ring (bicyclic) bond motifs is 4. The molecule has 6 atom stereocenters. The van der Waals surface area contributed by atoms with Crippen molar-refractivity contribution in [2.75, 3.05) is 48.1 Å². The van der Waals surface area contributed by atoms with Gasteiger partial charge in [-0.15, -0.1) is 0 Å². The Morgan fingerprint density at radius 3 is 2.19 bits per heavy atom. The number of para-hydroxylation sites is 1. The van der Waals surface area contributed by atoms with Crippen LogP contribution >= 0.6 is 0 Å². The van der Waals surface area contributed by atoms with E-state index in [1.54, 1.807) is 36.4 Å². The molecule has 3 aromatic carbocycles. The summed E-state index contributed by atoms with van der Waals surface area (Å²) < 4.78 is 10.8.